The van der Waals surface area contributed by atoms with E-state index in [2.05, 4.69) is 35.7 Å². The first-order valence-electron chi connectivity index (χ1n) is 9.62. The van der Waals surface area contributed by atoms with Gasteiger partial charge in [0.25, 0.3) is 0 Å². The van der Waals surface area contributed by atoms with Crippen LogP contribution in [0, 0.1) is 0 Å². The van der Waals surface area contributed by atoms with Crippen LogP contribution < -0.4 is 5.32 Å². The summed E-state index contributed by atoms with van der Waals surface area (Å²) in [6.45, 7) is 0. The lowest BCUT2D eigenvalue weighted by Gasteiger charge is -2.17. The molecule has 2 atom stereocenters. The number of phenols is 1. The van der Waals surface area contributed by atoms with Crippen LogP contribution in [0.2, 0.25) is 0 Å². The Bertz CT molecular complexity index is 955. The highest BCUT2D eigenvalue weighted by molar-refractivity contribution is 5.96. The summed E-state index contributed by atoms with van der Waals surface area (Å²) < 4.78 is 0. The standard InChI is InChI=1S/C24H24N2O2/c27-23-5-1-3-21(15-23)25-19-11-7-17(8-12-19)18-9-13-20(14-10-18)26-22-4-2-6-24(28)16-22/h1-5,7-13,15,20,24-25,27-28H,6,14,16H2. The van der Waals surface area contributed by atoms with Crippen LogP contribution >= 0.6 is 0 Å². The van der Waals surface area contributed by atoms with E-state index in [0.717, 1.165) is 35.5 Å². The van der Waals surface area contributed by atoms with E-state index >= 15 is 0 Å². The third-order valence-electron chi connectivity index (χ3n) is 4.93. The normalized spacial score (nSPS) is 22.9. The van der Waals surface area contributed by atoms with Crippen LogP contribution in [-0.4, -0.2) is 28.1 Å². The third kappa shape index (κ3) is 4.59. The van der Waals surface area contributed by atoms with E-state index in [1.165, 1.54) is 5.57 Å². The van der Waals surface area contributed by atoms with Crippen LogP contribution in [0.15, 0.2) is 83.9 Å². The van der Waals surface area contributed by atoms with Crippen LogP contribution in [0.4, 0.5) is 11.4 Å². The molecule has 0 saturated carbocycles. The van der Waals surface area contributed by atoms with Gasteiger partial charge in [-0.05, 0) is 54.3 Å². The van der Waals surface area contributed by atoms with E-state index in [-0.39, 0.29) is 17.9 Å². The second kappa shape index (κ2) is 8.28. The molecule has 0 aromatic heterocycles. The van der Waals surface area contributed by atoms with E-state index in [4.69, 9.17) is 4.99 Å². The molecule has 0 spiro atoms. The minimum absolute atomic E-state index is 0.139. The first kappa shape index (κ1) is 18.3. The number of nitrogens with zero attached hydrogens (tertiary/aromatic N) is 1. The van der Waals surface area contributed by atoms with Crippen molar-refractivity contribution in [2.75, 3.05) is 5.32 Å². The van der Waals surface area contributed by atoms with Crippen LogP contribution in [-0.2, 0) is 0 Å². The van der Waals surface area contributed by atoms with Crippen molar-refractivity contribution >= 4 is 22.7 Å². The van der Waals surface area contributed by atoms with Gasteiger partial charge in [0.2, 0.25) is 0 Å². The second-order valence-electron chi connectivity index (χ2n) is 7.19. The minimum atomic E-state index is -0.297. The molecule has 0 saturated heterocycles. The predicted octanol–water partition coefficient (Wildman–Crippen LogP) is 5.00. The van der Waals surface area contributed by atoms with Gasteiger partial charge in [0.05, 0.1) is 12.1 Å². The summed E-state index contributed by atoms with van der Waals surface area (Å²) in [5.74, 6) is 0.246. The maximum Gasteiger partial charge on any atom is 0.117 e. The topological polar surface area (TPSA) is 64.8 Å². The molecule has 2 aromatic carbocycles. The number of allylic oxidation sites excluding steroid dienone is 3. The average Bonchev–Trinajstić information content (AvgIpc) is 2.69. The highest BCUT2D eigenvalue weighted by atomic mass is 16.3. The van der Waals surface area contributed by atoms with Crippen molar-refractivity contribution in [3.63, 3.8) is 0 Å². The molecule has 0 aliphatic heterocycles. The molecule has 4 nitrogen and oxygen atoms in total. The molecule has 2 aliphatic carbocycles. The summed E-state index contributed by atoms with van der Waals surface area (Å²) in [6.07, 6.45) is 12.4. The maximum absolute atomic E-state index is 9.75. The summed E-state index contributed by atoms with van der Waals surface area (Å²) in [4.78, 5) is 4.75. The zero-order valence-electron chi connectivity index (χ0n) is 15.6. The van der Waals surface area contributed by atoms with Crippen molar-refractivity contribution in [2.45, 2.75) is 31.4 Å². The lowest BCUT2D eigenvalue weighted by atomic mass is 9.96. The summed E-state index contributed by atoms with van der Waals surface area (Å²) >= 11 is 0. The van der Waals surface area contributed by atoms with Gasteiger partial charge in [-0.15, -0.1) is 0 Å². The molecule has 28 heavy (non-hydrogen) atoms. The lowest BCUT2D eigenvalue weighted by molar-refractivity contribution is 0.184. The zero-order chi connectivity index (χ0) is 19.3. The molecule has 2 aromatic rings. The van der Waals surface area contributed by atoms with Gasteiger partial charge >= 0.3 is 0 Å². The predicted molar refractivity (Wildman–Crippen MR) is 115 cm³/mol. The monoisotopic (exact) mass is 372 g/mol. The molecular weight excluding hydrogens is 348 g/mol. The number of hydrogen-bond acceptors (Lipinski definition) is 4. The Morgan fingerprint density at radius 1 is 0.964 bits per heavy atom. The van der Waals surface area contributed by atoms with Gasteiger partial charge in [-0.3, -0.25) is 4.99 Å². The number of phenolic OH excluding ortho intramolecular Hbond substituents is 1. The smallest absolute Gasteiger partial charge is 0.117 e. The van der Waals surface area contributed by atoms with Crippen molar-refractivity contribution in [2.24, 2.45) is 4.99 Å². The molecule has 0 bridgehead atoms. The lowest BCUT2D eigenvalue weighted by Crippen LogP contribution is -2.17. The zero-order valence-corrected chi connectivity index (χ0v) is 15.6. The molecule has 2 aliphatic rings. The van der Waals surface area contributed by atoms with E-state index in [9.17, 15) is 10.2 Å². The number of aliphatic hydroxyl groups excluding tert-OH is 1. The van der Waals surface area contributed by atoms with Crippen LogP contribution in [0.1, 0.15) is 24.8 Å². The first-order chi connectivity index (χ1) is 13.7. The summed E-state index contributed by atoms with van der Waals surface area (Å²) in [7, 11) is 0. The molecule has 0 radical (unpaired) electrons. The quantitative estimate of drug-likeness (QED) is 0.708. The number of aliphatic imine (C=N–C) groups is 1. The summed E-state index contributed by atoms with van der Waals surface area (Å²) in [6, 6.07) is 15.5. The Morgan fingerprint density at radius 2 is 1.82 bits per heavy atom. The minimum Gasteiger partial charge on any atom is -0.508 e. The molecule has 4 heteroatoms. The number of rotatable bonds is 4. The van der Waals surface area contributed by atoms with Crippen molar-refractivity contribution in [1.29, 1.82) is 0 Å². The Hall–Kier alpha value is -3.11. The van der Waals surface area contributed by atoms with E-state index < -0.39 is 0 Å². The van der Waals surface area contributed by atoms with Crippen molar-refractivity contribution in [3.05, 3.63) is 84.5 Å². The van der Waals surface area contributed by atoms with Gasteiger partial charge < -0.3 is 15.5 Å². The van der Waals surface area contributed by atoms with Crippen LogP contribution in [0.5, 0.6) is 5.75 Å². The van der Waals surface area contributed by atoms with Crippen molar-refractivity contribution in [1.82, 2.24) is 0 Å². The second-order valence-corrected chi connectivity index (χ2v) is 7.19. The summed E-state index contributed by atoms with van der Waals surface area (Å²) in [5.41, 5.74) is 5.17. The Morgan fingerprint density at radius 3 is 2.54 bits per heavy atom. The van der Waals surface area contributed by atoms with Crippen LogP contribution in [0.3, 0.4) is 0 Å². The average molecular weight is 372 g/mol. The molecule has 2 unspecified atom stereocenters. The molecular formula is C24H24N2O2. The maximum atomic E-state index is 9.75. The van der Waals surface area contributed by atoms with Gasteiger partial charge in [-0.25, -0.2) is 0 Å². The molecule has 0 amide bonds. The fourth-order valence-electron chi connectivity index (χ4n) is 3.48. The van der Waals surface area contributed by atoms with Gasteiger partial charge in [0.15, 0.2) is 0 Å². The largest absolute Gasteiger partial charge is 0.508 e. The Balaban J connectivity index is 1.39. The molecule has 0 heterocycles. The highest BCUT2D eigenvalue weighted by Crippen LogP contribution is 2.26. The van der Waals surface area contributed by atoms with Gasteiger partial charge in [0.1, 0.15) is 5.75 Å². The molecule has 3 N–H and O–H groups in total. The molecule has 4 rings (SSSR count). The fraction of sp³-hybridized carbons (Fsp3) is 0.208. The van der Waals surface area contributed by atoms with Gasteiger partial charge in [-0.2, -0.15) is 0 Å². The SMILES string of the molecule is Oc1cccc(Nc2ccc(C3=CCC(N=C4C=CCC(O)C4)C=C3)cc2)c1. The first-order valence-corrected chi connectivity index (χ1v) is 9.62. The number of aliphatic hydroxyl groups is 1. The Kier molecular flexibility index (Phi) is 5.40. The van der Waals surface area contributed by atoms with Crippen LogP contribution in [0.25, 0.3) is 5.57 Å². The van der Waals surface area contributed by atoms with Crippen molar-refractivity contribution < 1.29 is 10.2 Å². The third-order valence-corrected chi connectivity index (χ3v) is 4.93. The fourth-order valence-corrected chi connectivity index (χ4v) is 3.48. The Labute approximate surface area is 165 Å². The molecule has 0 fully saturated rings. The summed E-state index contributed by atoms with van der Waals surface area (Å²) in [5, 5.41) is 22.6. The number of benzene rings is 2. The highest BCUT2D eigenvalue weighted by Gasteiger charge is 2.14. The van der Waals surface area contributed by atoms with E-state index in [1.807, 2.05) is 36.4 Å². The van der Waals surface area contributed by atoms with Gasteiger partial charge in [0, 0.05) is 29.6 Å². The number of nitrogens with one attached hydrogen (secondary N) is 1. The van der Waals surface area contributed by atoms with E-state index in [1.54, 1.807) is 12.1 Å². The van der Waals surface area contributed by atoms with Gasteiger partial charge in [-0.1, -0.05) is 42.5 Å². The van der Waals surface area contributed by atoms with E-state index in [0.29, 0.717) is 6.42 Å². The number of anilines is 2. The number of hydrogen-bond donors (Lipinski definition) is 3. The number of aromatic hydroxyl groups is 1. The van der Waals surface area contributed by atoms with Crippen molar-refractivity contribution in [3.8, 4) is 5.75 Å². The molecule has 142 valence electrons.